The van der Waals surface area contributed by atoms with Crippen molar-refractivity contribution in [1.82, 2.24) is 9.97 Å². The molecule has 5 heteroatoms. The third-order valence-corrected chi connectivity index (χ3v) is 5.47. The summed E-state index contributed by atoms with van der Waals surface area (Å²) < 4.78 is 2.21. The van der Waals surface area contributed by atoms with Crippen molar-refractivity contribution in [3.63, 3.8) is 0 Å². The van der Waals surface area contributed by atoms with E-state index in [1.807, 2.05) is 42.6 Å². The van der Waals surface area contributed by atoms with Gasteiger partial charge in [0.1, 0.15) is 0 Å². The van der Waals surface area contributed by atoms with Crippen molar-refractivity contribution in [2.75, 3.05) is 5.73 Å². The van der Waals surface area contributed by atoms with Crippen LogP contribution in [0.15, 0.2) is 64.1 Å². The standard InChI is InChI=1S/C16H11N3S2/c17-15-11-7-8-18-9-10(11)5-6-14(15)21-16-19-12-3-1-2-4-13(12)20-16/h1-9H,17H2. The largest absolute Gasteiger partial charge is 0.397 e. The van der Waals surface area contributed by atoms with Crippen LogP contribution in [0.2, 0.25) is 0 Å². The van der Waals surface area contributed by atoms with Crippen LogP contribution in [-0.4, -0.2) is 9.97 Å². The van der Waals surface area contributed by atoms with Gasteiger partial charge in [0.2, 0.25) is 0 Å². The molecule has 0 aliphatic rings. The molecule has 21 heavy (non-hydrogen) atoms. The summed E-state index contributed by atoms with van der Waals surface area (Å²) in [6, 6.07) is 14.2. The van der Waals surface area contributed by atoms with Gasteiger partial charge in [-0.25, -0.2) is 4.98 Å². The van der Waals surface area contributed by atoms with Gasteiger partial charge in [0.25, 0.3) is 0 Å². The third-order valence-electron chi connectivity index (χ3n) is 3.29. The SMILES string of the molecule is Nc1c(Sc2nc3ccccc3s2)ccc2cnccc12. The van der Waals surface area contributed by atoms with Crippen molar-refractivity contribution in [2.24, 2.45) is 0 Å². The molecule has 0 fully saturated rings. The lowest BCUT2D eigenvalue weighted by molar-refractivity contribution is 1.29. The fourth-order valence-corrected chi connectivity index (χ4v) is 4.34. The normalized spacial score (nSPS) is 11.2. The van der Waals surface area contributed by atoms with Gasteiger partial charge in [-0.15, -0.1) is 11.3 Å². The number of nitrogens with zero attached hydrogens (tertiary/aromatic N) is 2. The number of hydrogen-bond donors (Lipinski definition) is 1. The molecule has 4 rings (SSSR count). The van der Waals surface area contributed by atoms with E-state index in [-0.39, 0.29) is 0 Å². The van der Waals surface area contributed by atoms with Crippen LogP contribution in [0, 0.1) is 0 Å². The second-order valence-electron chi connectivity index (χ2n) is 4.62. The predicted molar refractivity (Wildman–Crippen MR) is 89.9 cm³/mol. The zero-order valence-electron chi connectivity index (χ0n) is 11.0. The van der Waals surface area contributed by atoms with Gasteiger partial charge in [-0.2, -0.15) is 0 Å². The summed E-state index contributed by atoms with van der Waals surface area (Å²) in [5.74, 6) is 0. The highest BCUT2D eigenvalue weighted by Crippen LogP contribution is 2.39. The van der Waals surface area contributed by atoms with Gasteiger partial charge < -0.3 is 5.73 Å². The lowest BCUT2D eigenvalue weighted by Crippen LogP contribution is -1.90. The van der Waals surface area contributed by atoms with Crippen LogP contribution < -0.4 is 5.73 Å². The van der Waals surface area contributed by atoms with Crippen LogP contribution in [0.5, 0.6) is 0 Å². The Bertz CT molecular complexity index is 913. The smallest absolute Gasteiger partial charge is 0.155 e. The van der Waals surface area contributed by atoms with Crippen molar-refractivity contribution >= 4 is 49.8 Å². The molecule has 3 nitrogen and oxygen atoms in total. The van der Waals surface area contributed by atoms with Gasteiger partial charge in [-0.1, -0.05) is 30.0 Å². The molecule has 0 spiro atoms. The van der Waals surface area contributed by atoms with E-state index in [1.165, 1.54) is 4.70 Å². The fraction of sp³-hybridized carbons (Fsp3) is 0. The zero-order chi connectivity index (χ0) is 14.2. The van der Waals surface area contributed by atoms with E-state index >= 15 is 0 Å². The Balaban J connectivity index is 1.78. The van der Waals surface area contributed by atoms with Gasteiger partial charge in [0.15, 0.2) is 4.34 Å². The molecular weight excluding hydrogens is 298 g/mol. The number of nitrogen functional groups attached to an aromatic ring is 1. The molecule has 0 atom stereocenters. The third kappa shape index (κ3) is 2.24. The Morgan fingerprint density at radius 3 is 2.86 bits per heavy atom. The monoisotopic (exact) mass is 309 g/mol. The summed E-state index contributed by atoms with van der Waals surface area (Å²) in [6.45, 7) is 0. The van der Waals surface area contributed by atoms with E-state index in [4.69, 9.17) is 5.73 Å². The molecule has 0 unspecified atom stereocenters. The van der Waals surface area contributed by atoms with Crippen LogP contribution in [0.3, 0.4) is 0 Å². The minimum atomic E-state index is 0.791. The zero-order valence-corrected chi connectivity index (χ0v) is 12.6. The summed E-state index contributed by atoms with van der Waals surface area (Å²) >= 11 is 3.31. The number of rotatable bonds is 2. The maximum Gasteiger partial charge on any atom is 0.155 e. The second kappa shape index (κ2) is 5.02. The molecule has 2 heterocycles. The summed E-state index contributed by atoms with van der Waals surface area (Å²) in [4.78, 5) is 9.80. The number of aromatic nitrogens is 2. The second-order valence-corrected chi connectivity index (χ2v) is 6.94. The van der Waals surface area contributed by atoms with Crippen LogP contribution in [0.4, 0.5) is 5.69 Å². The molecule has 0 aliphatic heterocycles. The van der Waals surface area contributed by atoms with E-state index in [9.17, 15) is 0 Å². The van der Waals surface area contributed by atoms with Crippen molar-refractivity contribution in [3.05, 3.63) is 54.9 Å². The first kappa shape index (κ1) is 12.6. The molecule has 2 aromatic carbocycles. The Kier molecular flexibility index (Phi) is 3.02. The first-order valence-corrected chi connectivity index (χ1v) is 8.10. The summed E-state index contributed by atoms with van der Waals surface area (Å²) in [5.41, 5.74) is 8.12. The average Bonchev–Trinajstić information content (AvgIpc) is 2.93. The Hall–Kier alpha value is -2.11. The Morgan fingerprint density at radius 2 is 1.95 bits per heavy atom. The number of anilines is 1. The van der Waals surface area contributed by atoms with E-state index in [2.05, 4.69) is 16.0 Å². The highest BCUT2D eigenvalue weighted by molar-refractivity contribution is 8.01. The molecular formula is C16H11N3S2. The number of benzene rings is 2. The van der Waals surface area contributed by atoms with Crippen molar-refractivity contribution in [3.8, 4) is 0 Å². The van der Waals surface area contributed by atoms with Gasteiger partial charge in [-0.05, 0) is 24.3 Å². The summed E-state index contributed by atoms with van der Waals surface area (Å²) in [6.07, 6.45) is 3.60. The first-order valence-electron chi connectivity index (χ1n) is 6.47. The number of pyridine rings is 1. The lowest BCUT2D eigenvalue weighted by Gasteiger charge is -2.06. The number of para-hydroxylation sites is 1. The van der Waals surface area contributed by atoms with Gasteiger partial charge in [0.05, 0.1) is 15.9 Å². The molecule has 0 bridgehead atoms. The number of hydrogen-bond acceptors (Lipinski definition) is 5. The van der Waals surface area contributed by atoms with Crippen molar-refractivity contribution in [1.29, 1.82) is 0 Å². The van der Waals surface area contributed by atoms with Crippen LogP contribution in [0.25, 0.3) is 21.0 Å². The van der Waals surface area contributed by atoms with Crippen molar-refractivity contribution < 1.29 is 0 Å². The average molecular weight is 309 g/mol. The topological polar surface area (TPSA) is 51.8 Å². The molecule has 0 saturated heterocycles. The van der Waals surface area contributed by atoms with E-state index in [0.29, 0.717) is 0 Å². The molecule has 0 aliphatic carbocycles. The predicted octanol–water partition coefficient (Wildman–Crippen LogP) is 4.58. The molecule has 2 aromatic heterocycles. The molecule has 0 amide bonds. The highest BCUT2D eigenvalue weighted by atomic mass is 32.2. The molecule has 0 saturated carbocycles. The molecule has 0 radical (unpaired) electrons. The molecule has 102 valence electrons. The maximum atomic E-state index is 6.29. The lowest BCUT2D eigenvalue weighted by atomic mass is 10.1. The van der Waals surface area contributed by atoms with Crippen molar-refractivity contribution in [2.45, 2.75) is 9.24 Å². The van der Waals surface area contributed by atoms with Gasteiger partial charge in [0, 0.05) is 28.1 Å². The van der Waals surface area contributed by atoms with E-state index < -0.39 is 0 Å². The highest BCUT2D eigenvalue weighted by Gasteiger charge is 2.09. The number of fused-ring (bicyclic) bond motifs is 2. The van der Waals surface area contributed by atoms with E-state index in [0.717, 1.165) is 31.2 Å². The van der Waals surface area contributed by atoms with Crippen LogP contribution in [-0.2, 0) is 0 Å². The number of nitrogens with two attached hydrogens (primary N) is 1. The first-order chi connectivity index (χ1) is 10.3. The summed E-state index contributed by atoms with van der Waals surface area (Å²) in [7, 11) is 0. The maximum absolute atomic E-state index is 6.29. The molecule has 2 N–H and O–H groups in total. The minimum Gasteiger partial charge on any atom is -0.397 e. The number of thiazole rings is 1. The van der Waals surface area contributed by atoms with E-state index in [1.54, 1.807) is 29.3 Å². The minimum absolute atomic E-state index is 0.791. The molecule has 4 aromatic rings. The van der Waals surface area contributed by atoms with Gasteiger partial charge in [-0.3, -0.25) is 4.98 Å². The Labute approximate surface area is 129 Å². The van der Waals surface area contributed by atoms with Crippen LogP contribution >= 0.6 is 23.1 Å². The van der Waals surface area contributed by atoms with Crippen LogP contribution in [0.1, 0.15) is 0 Å². The summed E-state index contributed by atoms with van der Waals surface area (Å²) in [5, 5.41) is 2.10. The van der Waals surface area contributed by atoms with Gasteiger partial charge >= 0.3 is 0 Å². The fourth-order valence-electron chi connectivity index (χ4n) is 2.25. The Morgan fingerprint density at radius 1 is 1.05 bits per heavy atom. The quantitative estimate of drug-likeness (QED) is 0.551.